The van der Waals surface area contributed by atoms with Crippen LogP contribution in [0.3, 0.4) is 0 Å². The fourth-order valence-electron chi connectivity index (χ4n) is 4.89. The Morgan fingerprint density at radius 2 is 1.74 bits per heavy atom. The molecule has 2 heterocycles. The number of carbonyl (C=O) groups excluding carboxylic acids is 3. The highest BCUT2D eigenvalue weighted by Crippen LogP contribution is 2.19. The molecule has 1 unspecified atom stereocenters. The number of aryl methyl sites for hydroxylation is 1. The average molecular weight is 532 g/mol. The van der Waals surface area contributed by atoms with Crippen molar-refractivity contribution in [3.8, 4) is 0 Å². The van der Waals surface area contributed by atoms with E-state index in [4.69, 9.17) is 11.5 Å². The van der Waals surface area contributed by atoms with Crippen LogP contribution in [0.25, 0.3) is 10.9 Å². The number of hydrogen-bond acceptors (Lipinski definition) is 7. The van der Waals surface area contributed by atoms with Crippen molar-refractivity contribution in [1.29, 1.82) is 0 Å². The van der Waals surface area contributed by atoms with E-state index < -0.39 is 12.1 Å². The molecule has 2 aromatic carbocycles. The van der Waals surface area contributed by atoms with Crippen molar-refractivity contribution in [2.75, 3.05) is 38.0 Å². The maximum atomic E-state index is 13.4. The van der Waals surface area contributed by atoms with Gasteiger partial charge in [-0.15, -0.1) is 0 Å². The zero-order valence-corrected chi connectivity index (χ0v) is 22.0. The van der Waals surface area contributed by atoms with E-state index in [1.807, 2.05) is 60.7 Å². The molecule has 4 rings (SSSR count). The summed E-state index contributed by atoms with van der Waals surface area (Å²) >= 11 is 0. The van der Waals surface area contributed by atoms with Crippen molar-refractivity contribution in [2.24, 2.45) is 17.4 Å². The standard InChI is InChI=1S/C29H37N7O3/c30-12-14-36(15-13-31)29(39)22-17-26(32-18-22)28(38)35-25(11-10-20-6-2-1-3-7-20)27(37)34-23-16-21-8-4-5-9-24(21)33-19-23/h1-9,16,19,22,25-26,32H,10-15,17-18,30-31H2,(H,34,37)(H,35,38)/t22?,25-,26-/m0/s1. The summed E-state index contributed by atoms with van der Waals surface area (Å²) in [6.07, 6.45) is 2.98. The SMILES string of the molecule is NCCN(CCN)C(=O)C1CN[C@H](C(=O)N[C@@H](CCc2ccccc2)C(=O)Nc2cnc3ccccc3c2)C1. The first-order valence-corrected chi connectivity index (χ1v) is 13.4. The van der Waals surface area contributed by atoms with Crippen LogP contribution in [0, 0.1) is 5.92 Å². The summed E-state index contributed by atoms with van der Waals surface area (Å²) in [4.78, 5) is 45.6. The highest BCUT2D eigenvalue weighted by atomic mass is 16.2. The molecule has 10 nitrogen and oxygen atoms in total. The zero-order chi connectivity index (χ0) is 27.6. The van der Waals surface area contributed by atoms with Gasteiger partial charge in [-0.25, -0.2) is 0 Å². The molecule has 3 amide bonds. The minimum atomic E-state index is -0.772. The van der Waals surface area contributed by atoms with Crippen LogP contribution in [0.15, 0.2) is 66.9 Å². The number of hydrogen-bond donors (Lipinski definition) is 5. The Morgan fingerprint density at radius 3 is 2.49 bits per heavy atom. The Hall–Kier alpha value is -3.86. The first kappa shape index (κ1) is 28.2. The number of aromatic nitrogens is 1. The molecule has 3 atom stereocenters. The normalized spacial score (nSPS) is 17.5. The van der Waals surface area contributed by atoms with E-state index in [0.717, 1.165) is 16.5 Å². The molecule has 0 radical (unpaired) electrons. The van der Waals surface area contributed by atoms with Crippen LogP contribution in [-0.2, 0) is 20.8 Å². The lowest BCUT2D eigenvalue weighted by Crippen LogP contribution is -2.50. The minimum Gasteiger partial charge on any atom is -0.343 e. The lowest BCUT2D eigenvalue weighted by atomic mass is 10.0. The second kappa shape index (κ2) is 13.8. The van der Waals surface area contributed by atoms with Gasteiger partial charge in [0.05, 0.1) is 29.4 Å². The van der Waals surface area contributed by atoms with Crippen LogP contribution in [0.2, 0.25) is 0 Å². The fourth-order valence-corrected chi connectivity index (χ4v) is 4.89. The summed E-state index contributed by atoms with van der Waals surface area (Å²) in [6.45, 7) is 1.93. The Labute approximate surface area is 228 Å². The number of rotatable bonds is 12. The third-order valence-corrected chi connectivity index (χ3v) is 6.96. The van der Waals surface area contributed by atoms with Gasteiger partial charge in [0, 0.05) is 38.1 Å². The number of nitrogens with one attached hydrogen (secondary N) is 3. The number of amides is 3. The van der Waals surface area contributed by atoms with E-state index in [-0.39, 0.29) is 23.6 Å². The third-order valence-electron chi connectivity index (χ3n) is 6.96. The van der Waals surface area contributed by atoms with E-state index in [0.29, 0.717) is 57.7 Å². The molecule has 0 bridgehead atoms. The van der Waals surface area contributed by atoms with Crippen molar-refractivity contribution in [2.45, 2.75) is 31.3 Å². The molecule has 1 aliphatic rings. The summed E-state index contributed by atoms with van der Waals surface area (Å²) in [5.74, 6) is -1.03. The summed E-state index contributed by atoms with van der Waals surface area (Å²) in [5, 5.41) is 9.90. The Bertz CT molecular complexity index is 1260. The molecule has 39 heavy (non-hydrogen) atoms. The highest BCUT2D eigenvalue weighted by Gasteiger charge is 2.36. The number of anilines is 1. The van der Waals surface area contributed by atoms with Gasteiger partial charge in [0.1, 0.15) is 6.04 Å². The molecule has 0 spiro atoms. The quantitative estimate of drug-likeness (QED) is 0.234. The molecule has 0 saturated carbocycles. The number of benzene rings is 2. The van der Waals surface area contributed by atoms with Crippen LogP contribution >= 0.6 is 0 Å². The van der Waals surface area contributed by atoms with Gasteiger partial charge in [-0.3, -0.25) is 19.4 Å². The van der Waals surface area contributed by atoms with Crippen molar-refractivity contribution in [3.63, 3.8) is 0 Å². The molecule has 206 valence electrons. The molecule has 7 N–H and O–H groups in total. The van der Waals surface area contributed by atoms with Gasteiger partial charge in [-0.2, -0.15) is 0 Å². The topological polar surface area (TPSA) is 155 Å². The molecule has 1 aromatic heterocycles. The first-order chi connectivity index (χ1) is 19.0. The van der Waals surface area contributed by atoms with Crippen molar-refractivity contribution in [1.82, 2.24) is 20.5 Å². The third kappa shape index (κ3) is 7.60. The van der Waals surface area contributed by atoms with Crippen LogP contribution in [0.1, 0.15) is 18.4 Å². The number of nitrogens with two attached hydrogens (primary N) is 2. The maximum Gasteiger partial charge on any atom is 0.247 e. The second-order valence-electron chi connectivity index (χ2n) is 9.79. The van der Waals surface area contributed by atoms with Crippen molar-refractivity contribution < 1.29 is 14.4 Å². The van der Waals surface area contributed by atoms with Crippen LogP contribution in [0.5, 0.6) is 0 Å². The van der Waals surface area contributed by atoms with E-state index in [9.17, 15) is 14.4 Å². The Balaban J connectivity index is 1.42. The number of carbonyl (C=O) groups is 3. The maximum absolute atomic E-state index is 13.4. The van der Waals surface area contributed by atoms with E-state index in [1.54, 1.807) is 11.1 Å². The molecule has 0 aliphatic carbocycles. The second-order valence-corrected chi connectivity index (χ2v) is 9.79. The smallest absolute Gasteiger partial charge is 0.247 e. The average Bonchev–Trinajstić information content (AvgIpc) is 3.46. The lowest BCUT2D eigenvalue weighted by Gasteiger charge is -2.24. The van der Waals surface area contributed by atoms with E-state index in [2.05, 4.69) is 20.9 Å². The molecule has 1 saturated heterocycles. The van der Waals surface area contributed by atoms with Gasteiger partial charge in [-0.1, -0.05) is 48.5 Å². The summed E-state index contributed by atoms with van der Waals surface area (Å²) < 4.78 is 0. The summed E-state index contributed by atoms with van der Waals surface area (Å²) in [7, 11) is 0. The van der Waals surface area contributed by atoms with Gasteiger partial charge in [0.25, 0.3) is 0 Å². The lowest BCUT2D eigenvalue weighted by molar-refractivity contribution is -0.135. The van der Waals surface area contributed by atoms with Crippen LogP contribution < -0.4 is 27.4 Å². The van der Waals surface area contributed by atoms with Gasteiger partial charge < -0.3 is 32.3 Å². The molecular weight excluding hydrogens is 494 g/mol. The molecule has 3 aromatic rings. The predicted molar refractivity (Wildman–Crippen MR) is 152 cm³/mol. The number of nitrogens with zero attached hydrogens (tertiary/aromatic N) is 2. The number of fused-ring (bicyclic) bond motifs is 1. The molecule has 1 fully saturated rings. The molecule has 10 heteroatoms. The molecular formula is C29H37N7O3. The predicted octanol–water partition coefficient (Wildman–Crippen LogP) is 1.02. The monoisotopic (exact) mass is 531 g/mol. The number of para-hydroxylation sites is 1. The van der Waals surface area contributed by atoms with Gasteiger partial charge in [-0.05, 0) is 37.0 Å². The highest BCUT2D eigenvalue weighted by molar-refractivity contribution is 5.99. The minimum absolute atomic E-state index is 0.0594. The van der Waals surface area contributed by atoms with Gasteiger partial charge in [0.15, 0.2) is 0 Å². The van der Waals surface area contributed by atoms with E-state index in [1.165, 1.54) is 0 Å². The van der Waals surface area contributed by atoms with E-state index >= 15 is 0 Å². The van der Waals surface area contributed by atoms with Gasteiger partial charge in [0.2, 0.25) is 17.7 Å². The van der Waals surface area contributed by atoms with Crippen molar-refractivity contribution >= 4 is 34.3 Å². The van der Waals surface area contributed by atoms with Crippen LogP contribution in [0.4, 0.5) is 5.69 Å². The largest absolute Gasteiger partial charge is 0.343 e. The van der Waals surface area contributed by atoms with Crippen molar-refractivity contribution in [3.05, 3.63) is 72.4 Å². The first-order valence-electron chi connectivity index (χ1n) is 13.4. The fraction of sp³-hybridized carbons (Fsp3) is 0.379. The zero-order valence-electron chi connectivity index (χ0n) is 22.0. The van der Waals surface area contributed by atoms with Gasteiger partial charge >= 0.3 is 0 Å². The summed E-state index contributed by atoms with van der Waals surface area (Å²) in [6, 6.07) is 18.0. The van der Waals surface area contributed by atoms with Crippen LogP contribution in [-0.4, -0.2) is 72.4 Å². The number of pyridine rings is 1. The Morgan fingerprint density at radius 1 is 1.03 bits per heavy atom. The molecule has 1 aliphatic heterocycles. The Kier molecular flexibility index (Phi) is 9.96. The summed E-state index contributed by atoms with van der Waals surface area (Å²) in [5.41, 5.74) is 13.8.